The van der Waals surface area contributed by atoms with Gasteiger partial charge in [0, 0.05) is 24.5 Å². The fraction of sp³-hybridized carbons (Fsp3) is 0.600. The molecule has 2 aliphatic rings. The molecule has 1 aromatic heterocycles. The number of nitrogens with zero attached hydrogens (tertiary/aromatic N) is 1. The van der Waals surface area contributed by atoms with Gasteiger partial charge in [0.1, 0.15) is 0 Å². The molecule has 1 aromatic rings. The third kappa shape index (κ3) is 2.19. The van der Waals surface area contributed by atoms with E-state index >= 15 is 0 Å². The Balaban J connectivity index is 1.77. The number of hydrogen-bond donors (Lipinski definition) is 1. The zero-order valence-electron chi connectivity index (χ0n) is 10.4. The van der Waals surface area contributed by atoms with Crippen molar-refractivity contribution in [2.24, 2.45) is 11.7 Å². The molecule has 0 bridgehead atoms. The lowest BCUT2D eigenvalue weighted by Gasteiger charge is -2.24. The molecule has 0 saturated heterocycles. The van der Waals surface area contributed by atoms with Crippen LogP contribution in [0.25, 0.3) is 0 Å². The largest absolute Gasteiger partial charge is 0.351 e. The van der Waals surface area contributed by atoms with Crippen LogP contribution in [0.5, 0.6) is 0 Å². The van der Waals surface area contributed by atoms with Crippen LogP contribution in [-0.4, -0.2) is 4.57 Å². The molecule has 0 amide bonds. The van der Waals surface area contributed by atoms with Crippen LogP contribution >= 0.6 is 0 Å². The summed E-state index contributed by atoms with van der Waals surface area (Å²) in [5, 5.41) is 0. The minimum atomic E-state index is 0.284. The Morgan fingerprint density at radius 3 is 3.06 bits per heavy atom. The van der Waals surface area contributed by atoms with Crippen molar-refractivity contribution in [1.82, 2.24) is 4.57 Å². The molecule has 2 heteroatoms. The normalized spacial score (nSPS) is 28.1. The van der Waals surface area contributed by atoms with E-state index in [4.69, 9.17) is 5.73 Å². The Morgan fingerprint density at radius 1 is 1.29 bits per heavy atom. The zero-order valence-corrected chi connectivity index (χ0v) is 10.4. The SMILES string of the molecule is NC1CCCc2c1ccn2CC1CC=CCC1. The minimum absolute atomic E-state index is 0.284. The van der Waals surface area contributed by atoms with Crippen LogP contribution in [0, 0.1) is 5.92 Å². The minimum Gasteiger partial charge on any atom is -0.351 e. The van der Waals surface area contributed by atoms with E-state index in [0.717, 1.165) is 12.3 Å². The highest BCUT2D eigenvalue weighted by atomic mass is 15.0. The maximum Gasteiger partial charge on any atom is 0.0312 e. The van der Waals surface area contributed by atoms with Crippen molar-refractivity contribution in [2.75, 3.05) is 0 Å². The average molecular weight is 230 g/mol. The molecular weight excluding hydrogens is 208 g/mol. The van der Waals surface area contributed by atoms with Gasteiger partial charge in [0.05, 0.1) is 0 Å². The number of fused-ring (bicyclic) bond motifs is 1. The standard InChI is InChI=1S/C15H22N2/c16-14-7-4-8-15-13(14)9-10-17(15)11-12-5-2-1-3-6-12/h1-2,9-10,12,14H,3-8,11,16H2. The molecule has 0 radical (unpaired) electrons. The Kier molecular flexibility index (Phi) is 3.06. The summed E-state index contributed by atoms with van der Waals surface area (Å²) in [7, 11) is 0. The first-order valence-electron chi connectivity index (χ1n) is 6.93. The van der Waals surface area contributed by atoms with E-state index in [0.29, 0.717) is 0 Å². The molecule has 92 valence electrons. The number of rotatable bonds is 2. The quantitative estimate of drug-likeness (QED) is 0.777. The summed E-state index contributed by atoms with van der Waals surface area (Å²) in [6.07, 6.45) is 14.4. The summed E-state index contributed by atoms with van der Waals surface area (Å²) < 4.78 is 2.47. The van der Waals surface area contributed by atoms with Crippen LogP contribution in [0.15, 0.2) is 24.4 Å². The van der Waals surface area contributed by atoms with Crippen LogP contribution in [0.3, 0.4) is 0 Å². The van der Waals surface area contributed by atoms with Gasteiger partial charge in [0.15, 0.2) is 0 Å². The topological polar surface area (TPSA) is 30.9 Å². The van der Waals surface area contributed by atoms with Gasteiger partial charge < -0.3 is 10.3 Å². The summed E-state index contributed by atoms with van der Waals surface area (Å²) >= 11 is 0. The van der Waals surface area contributed by atoms with Gasteiger partial charge in [-0.15, -0.1) is 0 Å². The average Bonchev–Trinajstić information content (AvgIpc) is 2.76. The van der Waals surface area contributed by atoms with E-state index in [-0.39, 0.29) is 6.04 Å². The fourth-order valence-corrected chi connectivity index (χ4v) is 3.26. The van der Waals surface area contributed by atoms with Crippen molar-refractivity contribution in [3.8, 4) is 0 Å². The molecule has 17 heavy (non-hydrogen) atoms. The second-order valence-corrected chi connectivity index (χ2v) is 5.52. The first-order chi connectivity index (χ1) is 8.34. The molecule has 0 spiro atoms. The van der Waals surface area contributed by atoms with Gasteiger partial charge in [-0.3, -0.25) is 0 Å². The monoisotopic (exact) mass is 230 g/mol. The van der Waals surface area contributed by atoms with Gasteiger partial charge >= 0.3 is 0 Å². The highest BCUT2D eigenvalue weighted by molar-refractivity contribution is 5.28. The van der Waals surface area contributed by atoms with Crippen molar-refractivity contribution in [3.05, 3.63) is 35.7 Å². The Morgan fingerprint density at radius 2 is 2.24 bits per heavy atom. The smallest absolute Gasteiger partial charge is 0.0312 e. The lowest BCUT2D eigenvalue weighted by atomic mass is 9.92. The Bertz CT molecular complexity index is 417. The van der Waals surface area contributed by atoms with Crippen LogP contribution in [0.2, 0.25) is 0 Å². The van der Waals surface area contributed by atoms with Crippen LogP contribution in [0.4, 0.5) is 0 Å². The zero-order chi connectivity index (χ0) is 11.7. The molecule has 2 unspecified atom stereocenters. The fourth-order valence-electron chi connectivity index (χ4n) is 3.26. The summed E-state index contributed by atoms with van der Waals surface area (Å²) in [6, 6.07) is 2.53. The maximum absolute atomic E-state index is 6.17. The molecule has 2 aliphatic carbocycles. The van der Waals surface area contributed by atoms with Gasteiger partial charge in [-0.1, -0.05) is 12.2 Å². The third-order valence-corrected chi connectivity index (χ3v) is 4.27. The molecule has 2 atom stereocenters. The summed E-state index contributed by atoms with van der Waals surface area (Å²) in [6.45, 7) is 1.19. The second-order valence-electron chi connectivity index (χ2n) is 5.52. The van der Waals surface area contributed by atoms with Crippen LogP contribution in [-0.2, 0) is 13.0 Å². The Labute approximate surface area is 104 Å². The maximum atomic E-state index is 6.17. The van der Waals surface area contributed by atoms with Crippen LogP contribution < -0.4 is 5.73 Å². The second kappa shape index (κ2) is 4.69. The summed E-state index contributed by atoms with van der Waals surface area (Å²) in [4.78, 5) is 0. The lowest BCUT2D eigenvalue weighted by Crippen LogP contribution is -2.20. The van der Waals surface area contributed by atoms with Gasteiger partial charge in [-0.2, -0.15) is 0 Å². The summed E-state index contributed by atoms with van der Waals surface area (Å²) in [5.41, 5.74) is 9.09. The summed E-state index contributed by atoms with van der Waals surface area (Å²) in [5.74, 6) is 0.828. The number of aromatic nitrogens is 1. The van der Waals surface area contributed by atoms with Crippen molar-refractivity contribution in [2.45, 2.75) is 51.1 Å². The van der Waals surface area contributed by atoms with Gasteiger partial charge in [0.2, 0.25) is 0 Å². The van der Waals surface area contributed by atoms with Gasteiger partial charge in [-0.25, -0.2) is 0 Å². The van der Waals surface area contributed by atoms with E-state index < -0.39 is 0 Å². The highest BCUT2D eigenvalue weighted by Crippen LogP contribution is 2.30. The van der Waals surface area contributed by atoms with E-state index in [1.807, 2.05) is 0 Å². The molecule has 2 nitrogen and oxygen atoms in total. The number of hydrogen-bond acceptors (Lipinski definition) is 1. The first-order valence-corrected chi connectivity index (χ1v) is 6.93. The van der Waals surface area contributed by atoms with E-state index in [1.54, 1.807) is 0 Å². The van der Waals surface area contributed by atoms with E-state index in [2.05, 4.69) is 29.0 Å². The molecule has 0 aromatic carbocycles. The molecular formula is C15H22N2. The molecule has 3 rings (SSSR count). The molecule has 1 heterocycles. The number of nitrogens with two attached hydrogens (primary N) is 1. The van der Waals surface area contributed by atoms with E-state index in [1.165, 1.54) is 49.9 Å². The van der Waals surface area contributed by atoms with Crippen molar-refractivity contribution >= 4 is 0 Å². The lowest BCUT2D eigenvalue weighted by molar-refractivity contribution is 0.399. The predicted octanol–water partition coefficient (Wildman–Crippen LogP) is 3.18. The molecule has 2 N–H and O–H groups in total. The molecule has 0 saturated carbocycles. The predicted molar refractivity (Wildman–Crippen MR) is 70.8 cm³/mol. The van der Waals surface area contributed by atoms with Crippen molar-refractivity contribution in [1.29, 1.82) is 0 Å². The van der Waals surface area contributed by atoms with E-state index in [9.17, 15) is 0 Å². The van der Waals surface area contributed by atoms with Gasteiger partial charge in [-0.05, 0) is 56.1 Å². The highest BCUT2D eigenvalue weighted by Gasteiger charge is 2.21. The van der Waals surface area contributed by atoms with Crippen molar-refractivity contribution < 1.29 is 0 Å². The van der Waals surface area contributed by atoms with Crippen molar-refractivity contribution in [3.63, 3.8) is 0 Å². The first kappa shape index (κ1) is 11.1. The van der Waals surface area contributed by atoms with Crippen LogP contribution in [0.1, 0.15) is 49.4 Å². The number of allylic oxidation sites excluding steroid dienone is 2. The third-order valence-electron chi connectivity index (χ3n) is 4.27. The van der Waals surface area contributed by atoms with Gasteiger partial charge in [0.25, 0.3) is 0 Å². The molecule has 0 aliphatic heterocycles. The Hall–Kier alpha value is -1.02. The molecule has 0 fully saturated rings.